The molecule has 0 amide bonds. The van der Waals surface area contributed by atoms with E-state index in [1.54, 1.807) is 34.9 Å². The smallest absolute Gasteiger partial charge is 0.294 e. The first-order valence-electron chi connectivity index (χ1n) is 8.53. The molecule has 1 aromatic heterocycles. The molecule has 1 N–H and O–H groups in total. The van der Waals surface area contributed by atoms with Gasteiger partial charge in [0, 0.05) is 10.6 Å². The molecule has 27 heavy (non-hydrogen) atoms. The number of fused-ring (bicyclic) bond motifs is 1. The predicted octanol–water partition coefficient (Wildman–Crippen LogP) is 4.23. The maximum absolute atomic E-state index is 12.7. The Labute approximate surface area is 167 Å². The first kappa shape index (κ1) is 20.1. The Morgan fingerprint density at radius 2 is 1.81 bits per heavy atom. The number of sulfonamides is 1. The lowest BCUT2D eigenvalue weighted by molar-refractivity contribution is 0.439. The van der Waals surface area contributed by atoms with Crippen LogP contribution in [0.5, 0.6) is 0 Å². The van der Waals surface area contributed by atoms with Crippen molar-refractivity contribution in [1.29, 1.82) is 0 Å². The zero-order chi connectivity index (χ0) is 19.8. The van der Waals surface area contributed by atoms with Crippen LogP contribution in [-0.4, -0.2) is 18.5 Å². The van der Waals surface area contributed by atoms with Gasteiger partial charge in [-0.2, -0.15) is 0 Å². The van der Waals surface area contributed by atoms with Crippen molar-refractivity contribution in [3.05, 3.63) is 62.7 Å². The Kier molecular flexibility index (Phi) is 5.49. The van der Waals surface area contributed by atoms with Crippen LogP contribution in [0.3, 0.4) is 0 Å². The van der Waals surface area contributed by atoms with Crippen LogP contribution in [0.2, 0.25) is 5.02 Å². The first-order chi connectivity index (χ1) is 12.6. The van der Waals surface area contributed by atoms with Gasteiger partial charge in [0.15, 0.2) is 0 Å². The summed E-state index contributed by atoms with van der Waals surface area (Å²) in [5, 5.41) is 0.638. The number of benzene rings is 2. The molecule has 0 aliphatic heterocycles. The fourth-order valence-electron chi connectivity index (χ4n) is 2.63. The minimum absolute atomic E-state index is 0.128. The van der Waals surface area contributed by atoms with Crippen molar-refractivity contribution < 1.29 is 8.42 Å². The molecule has 0 spiro atoms. The molecule has 2 aromatic carbocycles. The van der Waals surface area contributed by atoms with Gasteiger partial charge in [-0.05, 0) is 56.2 Å². The van der Waals surface area contributed by atoms with Gasteiger partial charge in [0.25, 0.3) is 0 Å². The molecular formula is C19H21ClN2O3S2. The quantitative estimate of drug-likeness (QED) is 0.643. The first-order valence-corrected chi connectivity index (χ1v) is 11.2. The third-order valence-electron chi connectivity index (χ3n) is 4.50. The van der Waals surface area contributed by atoms with Crippen LogP contribution in [0.4, 0.5) is 0 Å². The maximum Gasteiger partial charge on any atom is 0.308 e. The molecule has 0 bridgehead atoms. The molecule has 8 heteroatoms. The molecule has 0 radical (unpaired) electrons. The molecule has 5 nitrogen and oxygen atoms in total. The largest absolute Gasteiger partial charge is 0.308 e. The summed E-state index contributed by atoms with van der Waals surface area (Å²) >= 11 is 6.95. The van der Waals surface area contributed by atoms with Crippen LogP contribution in [0.1, 0.15) is 32.8 Å². The molecule has 0 saturated heterocycles. The highest BCUT2D eigenvalue weighted by Crippen LogP contribution is 2.24. The number of nitrogens with zero attached hydrogens (tertiary/aromatic N) is 1. The fraction of sp³-hybridized carbons (Fsp3) is 0.316. The molecule has 0 aliphatic carbocycles. The molecule has 0 aliphatic rings. The molecular weight excluding hydrogens is 404 g/mol. The molecule has 0 atom stereocenters. The summed E-state index contributed by atoms with van der Waals surface area (Å²) in [6.45, 7) is 6.01. The van der Waals surface area contributed by atoms with E-state index < -0.39 is 15.6 Å². The van der Waals surface area contributed by atoms with Crippen LogP contribution < -0.4 is 9.60 Å². The topological polar surface area (TPSA) is 68.2 Å². The zero-order valence-corrected chi connectivity index (χ0v) is 17.7. The van der Waals surface area contributed by atoms with Gasteiger partial charge < -0.3 is 0 Å². The van der Waals surface area contributed by atoms with E-state index in [-0.39, 0.29) is 9.77 Å². The maximum atomic E-state index is 12.7. The van der Waals surface area contributed by atoms with Gasteiger partial charge in [-0.25, -0.2) is 13.1 Å². The summed E-state index contributed by atoms with van der Waals surface area (Å²) in [6, 6.07) is 12.1. The Morgan fingerprint density at radius 3 is 2.44 bits per heavy atom. The molecule has 3 aromatic rings. The highest BCUT2D eigenvalue weighted by atomic mass is 35.5. The Balaban J connectivity index is 1.98. The van der Waals surface area contributed by atoms with Gasteiger partial charge >= 0.3 is 4.87 Å². The van der Waals surface area contributed by atoms with E-state index in [4.69, 9.17) is 11.6 Å². The fourth-order valence-corrected chi connectivity index (χ4v) is 5.27. The van der Waals surface area contributed by atoms with E-state index >= 15 is 0 Å². The zero-order valence-electron chi connectivity index (χ0n) is 15.3. The van der Waals surface area contributed by atoms with Gasteiger partial charge in [-0.1, -0.05) is 42.0 Å². The number of halogens is 1. The highest BCUT2D eigenvalue weighted by molar-refractivity contribution is 7.89. The second-order valence-corrected chi connectivity index (χ2v) is 10.2. The van der Waals surface area contributed by atoms with Gasteiger partial charge in [0.1, 0.15) is 0 Å². The lowest BCUT2D eigenvalue weighted by Gasteiger charge is -2.24. The SMILES string of the molecule is CCC(C)(C)NS(=O)(=O)c1ccc2c(c1)sc(=O)n2Cc1ccc(Cl)cc1. The van der Waals surface area contributed by atoms with Crippen LogP contribution in [0.15, 0.2) is 52.2 Å². The number of aromatic nitrogens is 1. The average Bonchev–Trinajstić information content (AvgIpc) is 2.91. The van der Waals surface area contributed by atoms with Crippen molar-refractivity contribution in [2.45, 2.75) is 44.2 Å². The van der Waals surface area contributed by atoms with Crippen LogP contribution in [0.25, 0.3) is 10.2 Å². The summed E-state index contributed by atoms with van der Waals surface area (Å²) in [7, 11) is -3.66. The molecule has 1 heterocycles. The standard InChI is InChI=1S/C19H21ClN2O3S2/c1-4-19(2,3)21-27(24,25)15-9-10-16-17(11-15)26-18(23)22(16)12-13-5-7-14(20)8-6-13/h5-11,21H,4,12H2,1-3H3. The third-order valence-corrected chi connectivity index (χ3v) is 7.39. The minimum Gasteiger partial charge on any atom is -0.294 e. The van der Waals surface area contributed by atoms with Gasteiger partial charge in [-0.15, -0.1) is 0 Å². The van der Waals surface area contributed by atoms with E-state index in [9.17, 15) is 13.2 Å². The second kappa shape index (κ2) is 7.39. The molecule has 0 unspecified atom stereocenters. The van der Waals surface area contributed by atoms with Crippen LogP contribution >= 0.6 is 22.9 Å². The summed E-state index contributed by atoms with van der Waals surface area (Å²) in [5.74, 6) is 0. The van der Waals surface area contributed by atoms with Crippen LogP contribution in [-0.2, 0) is 16.6 Å². The van der Waals surface area contributed by atoms with Crippen molar-refractivity contribution >= 4 is 43.2 Å². The van der Waals surface area contributed by atoms with E-state index in [1.807, 2.05) is 32.9 Å². The van der Waals surface area contributed by atoms with Gasteiger partial charge in [0.2, 0.25) is 10.0 Å². The Hall–Kier alpha value is -1.67. The third kappa shape index (κ3) is 4.43. The summed E-state index contributed by atoms with van der Waals surface area (Å²) < 4.78 is 30.3. The average molecular weight is 425 g/mol. The molecule has 3 rings (SSSR count). The van der Waals surface area contributed by atoms with Crippen molar-refractivity contribution in [1.82, 2.24) is 9.29 Å². The molecule has 144 valence electrons. The van der Waals surface area contributed by atoms with E-state index in [0.717, 1.165) is 16.9 Å². The van der Waals surface area contributed by atoms with E-state index in [1.165, 1.54) is 0 Å². The summed E-state index contributed by atoms with van der Waals surface area (Å²) in [5.41, 5.74) is 1.12. The van der Waals surface area contributed by atoms with Crippen molar-refractivity contribution in [3.63, 3.8) is 0 Å². The monoisotopic (exact) mass is 424 g/mol. The van der Waals surface area contributed by atoms with Crippen molar-refractivity contribution in [3.8, 4) is 0 Å². The van der Waals surface area contributed by atoms with E-state index in [2.05, 4.69) is 4.72 Å². The number of hydrogen-bond donors (Lipinski definition) is 1. The Morgan fingerprint density at radius 1 is 1.15 bits per heavy atom. The van der Waals surface area contributed by atoms with Gasteiger partial charge in [-0.3, -0.25) is 9.36 Å². The number of thiazole rings is 1. The predicted molar refractivity (Wildman–Crippen MR) is 111 cm³/mol. The molecule has 0 fully saturated rings. The van der Waals surface area contributed by atoms with E-state index in [0.29, 0.717) is 28.2 Å². The lowest BCUT2D eigenvalue weighted by atomic mass is 10.0. The highest BCUT2D eigenvalue weighted by Gasteiger charge is 2.25. The second-order valence-electron chi connectivity index (χ2n) is 7.05. The Bertz CT molecular complexity index is 1130. The summed E-state index contributed by atoms with van der Waals surface area (Å²) in [6.07, 6.45) is 0.666. The minimum atomic E-state index is -3.66. The van der Waals surface area contributed by atoms with Crippen LogP contribution in [0, 0.1) is 0 Å². The number of hydrogen-bond acceptors (Lipinski definition) is 4. The van der Waals surface area contributed by atoms with Gasteiger partial charge in [0.05, 0.1) is 21.7 Å². The number of nitrogens with one attached hydrogen (secondary N) is 1. The lowest BCUT2D eigenvalue weighted by Crippen LogP contribution is -2.42. The number of rotatable bonds is 6. The van der Waals surface area contributed by atoms with Crippen molar-refractivity contribution in [2.24, 2.45) is 0 Å². The normalized spacial score (nSPS) is 12.6. The summed E-state index contributed by atoms with van der Waals surface area (Å²) in [4.78, 5) is 12.5. The molecule has 0 saturated carbocycles. The van der Waals surface area contributed by atoms with Crippen molar-refractivity contribution in [2.75, 3.05) is 0 Å².